The third-order valence-corrected chi connectivity index (χ3v) is 4.61. The van der Waals surface area contributed by atoms with E-state index in [0.29, 0.717) is 26.1 Å². The third kappa shape index (κ3) is 7.39. The lowest BCUT2D eigenvalue weighted by atomic mass is 9.89. The number of rotatable bonds is 7. The van der Waals surface area contributed by atoms with Crippen molar-refractivity contribution < 1.29 is 23.1 Å². The molecule has 3 unspecified atom stereocenters. The molecule has 1 saturated heterocycles. The molecule has 0 aromatic rings. The van der Waals surface area contributed by atoms with Gasteiger partial charge in [-0.05, 0) is 31.7 Å². The van der Waals surface area contributed by atoms with Crippen LogP contribution in [-0.2, 0) is 0 Å². The molecular weight excluding hydrogens is 311 g/mol. The summed E-state index contributed by atoms with van der Waals surface area (Å²) in [5.41, 5.74) is -0.983. The van der Waals surface area contributed by atoms with E-state index in [1.165, 1.54) is 4.90 Å². The molecule has 3 N–H and O–H groups in total. The van der Waals surface area contributed by atoms with E-state index in [4.69, 9.17) is 0 Å². The lowest BCUT2D eigenvalue weighted by Crippen LogP contribution is -2.48. The number of carbonyl (C=O) groups is 1. The van der Waals surface area contributed by atoms with Crippen molar-refractivity contribution >= 4 is 6.03 Å². The number of likely N-dealkylation sites (tertiary alicyclic amines) is 1. The van der Waals surface area contributed by atoms with Gasteiger partial charge in [0.2, 0.25) is 0 Å². The van der Waals surface area contributed by atoms with Gasteiger partial charge >= 0.3 is 12.2 Å². The summed E-state index contributed by atoms with van der Waals surface area (Å²) in [5.74, 6) is 0.0757. The van der Waals surface area contributed by atoms with Crippen LogP contribution in [0.25, 0.3) is 0 Å². The minimum atomic E-state index is -4.18. The highest BCUT2D eigenvalue weighted by Gasteiger charge is 2.34. The summed E-state index contributed by atoms with van der Waals surface area (Å²) in [5, 5.41) is 15.5. The molecule has 0 saturated carbocycles. The van der Waals surface area contributed by atoms with Crippen molar-refractivity contribution in [2.45, 2.75) is 45.4 Å². The Morgan fingerprint density at radius 3 is 2.61 bits per heavy atom. The van der Waals surface area contributed by atoms with E-state index in [1.54, 1.807) is 6.92 Å². The van der Waals surface area contributed by atoms with E-state index < -0.39 is 24.4 Å². The molecule has 0 aromatic heterocycles. The molecule has 1 heterocycles. The average molecular weight is 339 g/mol. The van der Waals surface area contributed by atoms with Crippen molar-refractivity contribution in [3.63, 3.8) is 0 Å². The van der Waals surface area contributed by atoms with Crippen molar-refractivity contribution in [3.8, 4) is 0 Å². The van der Waals surface area contributed by atoms with Gasteiger partial charge in [0.25, 0.3) is 0 Å². The van der Waals surface area contributed by atoms with Crippen molar-refractivity contribution in [2.75, 3.05) is 32.7 Å². The van der Waals surface area contributed by atoms with Crippen molar-refractivity contribution in [1.82, 2.24) is 15.5 Å². The van der Waals surface area contributed by atoms with Crippen LogP contribution in [0.15, 0.2) is 0 Å². The highest BCUT2D eigenvalue weighted by Crippen LogP contribution is 2.22. The number of carbonyl (C=O) groups excluding carboxylic acids is 1. The highest BCUT2D eigenvalue weighted by atomic mass is 19.4. The summed E-state index contributed by atoms with van der Waals surface area (Å²) >= 11 is 0. The molecule has 1 aliphatic rings. The fourth-order valence-electron chi connectivity index (χ4n) is 2.65. The van der Waals surface area contributed by atoms with Gasteiger partial charge in [0, 0.05) is 19.6 Å². The van der Waals surface area contributed by atoms with Gasteiger partial charge in [-0.15, -0.1) is 0 Å². The number of nitrogens with one attached hydrogen (secondary N) is 2. The quantitative estimate of drug-likeness (QED) is 0.664. The molecular formula is C15H28F3N3O2. The first kappa shape index (κ1) is 20.0. The Morgan fingerprint density at radius 2 is 2.04 bits per heavy atom. The van der Waals surface area contributed by atoms with Crippen LogP contribution in [-0.4, -0.2) is 60.5 Å². The summed E-state index contributed by atoms with van der Waals surface area (Å²) < 4.78 is 36.9. The van der Waals surface area contributed by atoms with Crippen LogP contribution in [0.1, 0.15) is 33.6 Å². The van der Waals surface area contributed by atoms with Gasteiger partial charge in [-0.2, -0.15) is 13.2 Å². The van der Waals surface area contributed by atoms with Crippen LogP contribution < -0.4 is 10.6 Å². The molecule has 1 rings (SSSR count). The minimum Gasteiger partial charge on any atom is -0.388 e. The summed E-state index contributed by atoms with van der Waals surface area (Å²) in [6.07, 6.45) is -2.74. The second-order valence-electron chi connectivity index (χ2n) is 6.74. The zero-order valence-corrected chi connectivity index (χ0v) is 14.0. The van der Waals surface area contributed by atoms with E-state index in [0.717, 1.165) is 6.42 Å². The van der Waals surface area contributed by atoms with Crippen molar-refractivity contribution in [2.24, 2.45) is 11.8 Å². The Morgan fingerprint density at radius 1 is 1.39 bits per heavy atom. The molecule has 136 valence electrons. The molecule has 0 radical (unpaired) electrons. The monoisotopic (exact) mass is 339 g/mol. The first-order valence-corrected chi connectivity index (χ1v) is 8.06. The Balaban J connectivity index is 2.25. The van der Waals surface area contributed by atoms with Gasteiger partial charge in [-0.25, -0.2) is 4.79 Å². The first-order valence-electron chi connectivity index (χ1n) is 8.06. The number of nitrogens with zero attached hydrogens (tertiary/aromatic N) is 1. The van der Waals surface area contributed by atoms with Crippen LogP contribution in [0.3, 0.4) is 0 Å². The molecule has 0 aliphatic carbocycles. The lowest BCUT2D eigenvalue weighted by molar-refractivity contribution is -0.143. The second-order valence-corrected chi connectivity index (χ2v) is 6.74. The van der Waals surface area contributed by atoms with Gasteiger partial charge in [-0.1, -0.05) is 20.3 Å². The predicted molar refractivity (Wildman–Crippen MR) is 82.1 cm³/mol. The highest BCUT2D eigenvalue weighted by molar-refractivity contribution is 5.73. The zero-order chi connectivity index (χ0) is 17.7. The Kier molecular flexibility index (Phi) is 7.13. The number of aliphatic hydroxyl groups is 1. The van der Waals surface area contributed by atoms with Gasteiger partial charge in [0.05, 0.1) is 12.1 Å². The largest absolute Gasteiger partial charge is 0.401 e. The zero-order valence-electron chi connectivity index (χ0n) is 14.0. The van der Waals surface area contributed by atoms with Crippen molar-refractivity contribution in [1.29, 1.82) is 0 Å². The maximum atomic E-state index is 12.3. The molecule has 2 amide bonds. The molecule has 8 heteroatoms. The van der Waals surface area contributed by atoms with E-state index in [9.17, 15) is 23.1 Å². The van der Waals surface area contributed by atoms with Gasteiger partial charge in [0.1, 0.15) is 0 Å². The lowest BCUT2D eigenvalue weighted by Gasteiger charge is -2.29. The number of urea groups is 1. The van der Waals surface area contributed by atoms with Crippen molar-refractivity contribution in [3.05, 3.63) is 0 Å². The van der Waals surface area contributed by atoms with Gasteiger partial charge in [-0.3, -0.25) is 4.90 Å². The van der Waals surface area contributed by atoms with Crippen LogP contribution >= 0.6 is 0 Å². The van der Waals surface area contributed by atoms with E-state index in [2.05, 4.69) is 10.6 Å². The average Bonchev–Trinajstić information content (AvgIpc) is 2.87. The standard InChI is InChI=1S/C15H28F3N3O2/c1-4-11(2)14(3,23)9-20-13(22)19-7-12-5-6-21(8-12)10-15(16,17)18/h11-12,23H,4-10H2,1-3H3,(H2,19,20,22). The Labute approximate surface area is 135 Å². The number of alkyl halides is 3. The number of amides is 2. The maximum Gasteiger partial charge on any atom is 0.401 e. The minimum absolute atomic E-state index is 0.0261. The second kappa shape index (κ2) is 8.19. The first-order chi connectivity index (χ1) is 10.5. The fraction of sp³-hybridized carbons (Fsp3) is 0.933. The summed E-state index contributed by atoms with van der Waals surface area (Å²) in [6.45, 7) is 5.87. The Hall–Kier alpha value is -1.02. The normalized spacial score (nSPS) is 23.3. The molecule has 0 aromatic carbocycles. The molecule has 1 fully saturated rings. The number of hydrogen-bond donors (Lipinski definition) is 3. The topological polar surface area (TPSA) is 64.6 Å². The third-order valence-electron chi connectivity index (χ3n) is 4.61. The van der Waals surface area contributed by atoms with Gasteiger partial charge < -0.3 is 15.7 Å². The van der Waals surface area contributed by atoms with E-state index in [1.807, 2.05) is 13.8 Å². The van der Waals surface area contributed by atoms with Crippen LogP contribution in [0.2, 0.25) is 0 Å². The number of hydrogen-bond acceptors (Lipinski definition) is 3. The SMILES string of the molecule is CCC(C)C(C)(O)CNC(=O)NCC1CCN(CC(F)(F)F)C1. The summed E-state index contributed by atoms with van der Waals surface area (Å²) in [7, 11) is 0. The van der Waals surface area contributed by atoms with Crippen LogP contribution in [0.4, 0.5) is 18.0 Å². The van der Waals surface area contributed by atoms with Gasteiger partial charge in [0.15, 0.2) is 0 Å². The predicted octanol–water partition coefficient (Wildman–Crippen LogP) is 1.97. The van der Waals surface area contributed by atoms with Crippen LogP contribution in [0, 0.1) is 11.8 Å². The molecule has 5 nitrogen and oxygen atoms in total. The molecule has 0 spiro atoms. The fourth-order valence-corrected chi connectivity index (χ4v) is 2.65. The van der Waals surface area contributed by atoms with E-state index in [-0.39, 0.29) is 18.4 Å². The summed E-state index contributed by atoms with van der Waals surface area (Å²) in [4.78, 5) is 13.1. The van der Waals surface area contributed by atoms with E-state index >= 15 is 0 Å². The molecule has 0 bridgehead atoms. The molecule has 3 atom stereocenters. The molecule has 1 aliphatic heterocycles. The smallest absolute Gasteiger partial charge is 0.388 e. The number of halogens is 3. The molecule has 23 heavy (non-hydrogen) atoms. The maximum absolute atomic E-state index is 12.3. The summed E-state index contributed by atoms with van der Waals surface area (Å²) in [6, 6.07) is -0.400. The van der Waals surface area contributed by atoms with Crippen LogP contribution in [0.5, 0.6) is 0 Å². The Bertz CT molecular complexity index is 389.